The van der Waals surface area contributed by atoms with Gasteiger partial charge in [-0.05, 0) is 53.7 Å². The minimum absolute atomic E-state index is 0. The first-order valence-corrected chi connectivity index (χ1v) is 12.4. The van der Waals surface area contributed by atoms with Gasteiger partial charge in [0.05, 0.1) is 0 Å². The fraction of sp³-hybridized carbons (Fsp3) is 0.700. The Morgan fingerprint density at radius 3 is 1.55 bits per heavy atom. The van der Waals surface area contributed by atoms with E-state index in [-0.39, 0.29) is 22.0 Å². The molecule has 0 aliphatic carbocycles. The van der Waals surface area contributed by atoms with Crippen molar-refractivity contribution in [3.63, 3.8) is 0 Å². The summed E-state index contributed by atoms with van der Waals surface area (Å²) in [4.78, 5) is 0. The third-order valence-corrected chi connectivity index (χ3v) is 9.83. The smallest absolute Gasteiger partial charge is 0.423 e. The van der Waals surface area contributed by atoms with Crippen molar-refractivity contribution in [2.45, 2.75) is 53.8 Å². The number of hydrogen-bond donors (Lipinski definition) is 0. The Hall–Kier alpha value is -0.0200. The largest absolute Gasteiger partial charge is 1.00 e. The molecule has 0 aliphatic rings. The summed E-state index contributed by atoms with van der Waals surface area (Å²) in [5, 5.41) is -0.297. The summed E-state index contributed by atoms with van der Waals surface area (Å²) in [6.45, 7) is 14.3. The normalized spacial score (nSPS) is 13.7. The molecule has 0 radical (unpaired) electrons. The zero-order chi connectivity index (χ0) is 23.1. The highest BCUT2D eigenvalue weighted by atomic mass is 79.9. The number of nitrogens with zero attached hydrogens (tertiary/aromatic N) is 3. The van der Waals surface area contributed by atoms with E-state index in [1.165, 1.54) is 12.1 Å². The van der Waals surface area contributed by atoms with Gasteiger partial charge in [0.25, 0.3) is 0 Å². The van der Waals surface area contributed by atoms with Gasteiger partial charge in [0.1, 0.15) is 5.82 Å². The van der Waals surface area contributed by atoms with E-state index in [1.807, 2.05) is 55.6 Å². The minimum atomic E-state index is -4.84. The van der Waals surface area contributed by atoms with Crippen LogP contribution in [-0.2, 0) is 4.52 Å². The van der Waals surface area contributed by atoms with Crippen LogP contribution in [0.4, 0.5) is 17.6 Å². The van der Waals surface area contributed by atoms with Gasteiger partial charge in [-0.2, -0.15) is 17.7 Å². The average molecular weight is 555 g/mol. The van der Waals surface area contributed by atoms with Gasteiger partial charge in [0.2, 0.25) is 6.10 Å². The van der Waals surface area contributed by atoms with Crippen LogP contribution in [0, 0.1) is 5.82 Å². The van der Waals surface area contributed by atoms with Crippen molar-refractivity contribution in [2.24, 2.45) is 0 Å². The van der Waals surface area contributed by atoms with Gasteiger partial charge in [0, 0.05) is 49.9 Å². The van der Waals surface area contributed by atoms with Gasteiger partial charge in [-0.1, -0.05) is 17.7 Å². The quantitative estimate of drug-likeness (QED) is 0.289. The van der Waals surface area contributed by atoms with Crippen molar-refractivity contribution < 1.29 is 39.1 Å². The van der Waals surface area contributed by atoms with Crippen LogP contribution in [0.3, 0.4) is 0 Å². The van der Waals surface area contributed by atoms with Crippen molar-refractivity contribution in [1.82, 2.24) is 14.0 Å². The second-order valence-corrected chi connectivity index (χ2v) is 9.93. The lowest BCUT2D eigenvalue weighted by atomic mass is 10.1. The maximum absolute atomic E-state index is 14.6. The lowest BCUT2D eigenvalue weighted by molar-refractivity contribution is -0.202. The van der Waals surface area contributed by atoms with E-state index in [4.69, 9.17) is 16.1 Å². The van der Waals surface area contributed by atoms with E-state index in [9.17, 15) is 17.6 Å². The molecule has 4 nitrogen and oxygen atoms in total. The Labute approximate surface area is 200 Å². The van der Waals surface area contributed by atoms with Crippen molar-refractivity contribution in [3.05, 3.63) is 34.6 Å². The molecule has 1 atom stereocenters. The second-order valence-electron chi connectivity index (χ2n) is 6.59. The summed E-state index contributed by atoms with van der Waals surface area (Å²) in [6.07, 6.45) is -7.33. The topological polar surface area (TPSA) is 19.0 Å². The summed E-state index contributed by atoms with van der Waals surface area (Å²) in [5.74, 6) is -1.03. The van der Waals surface area contributed by atoms with Crippen molar-refractivity contribution in [3.8, 4) is 0 Å². The highest BCUT2D eigenvalue weighted by Gasteiger charge is 2.62. The third kappa shape index (κ3) is 6.75. The Kier molecular flexibility index (Phi) is 13.6. The molecule has 1 aromatic rings. The average Bonchev–Trinajstić information content (AvgIpc) is 2.68. The highest BCUT2D eigenvalue weighted by Crippen LogP contribution is 2.71. The lowest BCUT2D eigenvalue weighted by Crippen LogP contribution is -3.00. The molecule has 31 heavy (non-hydrogen) atoms. The molecule has 0 spiro atoms. The summed E-state index contributed by atoms with van der Waals surface area (Å²) in [7, 11) is -3.13. The molecule has 0 N–H and O–H groups in total. The molecule has 0 saturated carbocycles. The summed E-state index contributed by atoms with van der Waals surface area (Å²) < 4.78 is 69.5. The number of alkyl halides is 3. The standard InChI is InChI=1S/C20H34ClF4N3OP.BrH/c1-7-26(8-2)30(27(9-3)10-4,28(11-5)12-6)29-19(20(23,24)25)18-16(21)14-13-15-17(18)22;/h13-15,19H,7-12H2,1-6H3;1H/q+1;/p-1. The van der Waals surface area contributed by atoms with Crippen molar-refractivity contribution in [1.29, 1.82) is 0 Å². The van der Waals surface area contributed by atoms with Gasteiger partial charge in [-0.3, -0.25) is 0 Å². The molecule has 182 valence electrons. The van der Waals surface area contributed by atoms with Crippen LogP contribution in [-0.4, -0.2) is 59.5 Å². The fourth-order valence-corrected chi connectivity index (χ4v) is 8.15. The van der Waals surface area contributed by atoms with Gasteiger partial charge in [-0.15, -0.1) is 14.0 Å². The van der Waals surface area contributed by atoms with Crippen LogP contribution in [0.1, 0.15) is 53.2 Å². The van der Waals surface area contributed by atoms with Crippen molar-refractivity contribution >= 4 is 19.5 Å². The molecule has 0 aliphatic heterocycles. The van der Waals surface area contributed by atoms with Crippen LogP contribution in [0.5, 0.6) is 0 Å². The molecule has 11 heteroatoms. The Balaban J connectivity index is 0.00000900. The minimum Gasteiger partial charge on any atom is -1.00 e. The zero-order valence-electron chi connectivity index (χ0n) is 19.0. The SMILES string of the molecule is CCN(CC)[P+](OC(c1c(F)cccc1Cl)C(F)(F)F)(N(CC)CC)N(CC)CC.[Br-]. The molecule has 0 fully saturated rings. The van der Waals surface area contributed by atoms with Crippen LogP contribution in [0.25, 0.3) is 0 Å². The van der Waals surface area contributed by atoms with Gasteiger partial charge in [-0.25, -0.2) is 4.39 Å². The van der Waals surface area contributed by atoms with Crippen LogP contribution >= 0.6 is 19.5 Å². The first kappa shape index (κ1) is 31.0. The second kappa shape index (κ2) is 13.6. The Morgan fingerprint density at radius 2 is 1.26 bits per heavy atom. The predicted molar refractivity (Wildman–Crippen MR) is 117 cm³/mol. The van der Waals surface area contributed by atoms with Gasteiger partial charge in [0.15, 0.2) is 0 Å². The Morgan fingerprint density at radius 1 is 0.871 bits per heavy atom. The maximum atomic E-state index is 14.6. The molecular formula is C20H34BrClF4N3OP. The third-order valence-electron chi connectivity index (χ3n) is 5.10. The van der Waals surface area contributed by atoms with Crippen molar-refractivity contribution in [2.75, 3.05) is 39.3 Å². The lowest BCUT2D eigenvalue weighted by Gasteiger charge is -2.45. The molecule has 0 aromatic heterocycles. The van der Waals surface area contributed by atoms with E-state index < -0.39 is 31.6 Å². The molecule has 1 rings (SSSR count). The highest BCUT2D eigenvalue weighted by molar-refractivity contribution is 7.64. The zero-order valence-corrected chi connectivity index (χ0v) is 22.3. The van der Waals surface area contributed by atoms with Gasteiger partial charge >= 0.3 is 14.1 Å². The monoisotopic (exact) mass is 553 g/mol. The molecule has 0 saturated heterocycles. The molecule has 0 amide bonds. The molecule has 1 aromatic carbocycles. The summed E-state index contributed by atoms with van der Waals surface area (Å²) in [6, 6.07) is 3.53. The number of benzene rings is 1. The summed E-state index contributed by atoms with van der Waals surface area (Å²) >= 11 is 6.05. The van der Waals surface area contributed by atoms with Crippen LogP contribution in [0.15, 0.2) is 18.2 Å². The Bertz CT molecular complexity index is 608. The van der Waals surface area contributed by atoms with E-state index in [0.29, 0.717) is 39.3 Å². The summed E-state index contributed by atoms with van der Waals surface area (Å²) in [5.41, 5.74) is -0.664. The van der Waals surface area contributed by atoms with E-state index >= 15 is 0 Å². The van der Waals surface area contributed by atoms with Gasteiger partial charge < -0.3 is 17.0 Å². The molecule has 0 heterocycles. The molecule has 1 unspecified atom stereocenters. The first-order valence-electron chi connectivity index (χ1n) is 10.4. The fourth-order valence-electron chi connectivity index (χ4n) is 3.69. The molecule has 0 bridgehead atoms. The van der Waals surface area contributed by atoms with Crippen LogP contribution < -0.4 is 17.0 Å². The number of halogens is 6. The molecular weight excluding hydrogens is 521 g/mol. The predicted octanol–water partition coefficient (Wildman–Crippen LogP) is 3.81. The number of hydrogen-bond acceptors (Lipinski definition) is 4. The first-order chi connectivity index (χ1) is 14.1. The van der Waals surface area contributed by atoms with Crippen LogP contribution in [0.2, 0.25) is 5.02 Å². The maximum Gasteiger partial charge on any atom is 0.423 e. The van der Waals surface area contributed by atoms with E-state index in [0.717, 1.165) is 6.07 Å². The van der Waals surface area contributed by atoms with E-state index in [1.54, 1.807) is 0 Å². The van der Waals surface area contributed by atoms with E-state index in [2.05, 4.69) is 0 Å². The number of rotatable bonds is 12.